The number of ether oxygens (including phenoxy) is 1. The Bertz CT molecular complexity index is 285. The van der Waals surface area contributed by atoms with Gasteiger partial charge in [-0.25, -0.2) is 4.79 Å². The maximum atomic E-state index is 11.3. The number of nitriles is 1. The lowest BCUT2D eigenvalue weighted by Crippen LogP contribution is -2.13. The summed E-state index contributed by atoms with van der Waals surface area (Å²) in [5.41, 5.74) is -0.273. The van der Waals surface area contributed by atoms with E-state index in [2.05, 4.69) is 4.74 Å². The highest BCUT2D eigenvalue weighted by Gasteiger charge is 2.21. The third-order valence-corrected chi connectivity index (χ3v) is 2.22. The number of hydrogen-bond donors (Lipinski definition) is 1. The second-order valence-corrected chi connectivity index (χ2v) is 3.11. The van der Waals surface area contributed by atoms with Crippen LogP contribution in [-0.2, 0) is 9.53 Å². The third-order valence-electron chi connectivity index (χ3n) is 2.22. The van der Waals surface area contributed by atoms with E-state index in [4.69, 9.17) is 5.26 Å². The van der Waals surface area contributed by atoms with Gasteiger partial charge in [-0.2, -0.15) is 5.26 Å². The molecule has 0 aliphatic heterocycles. The minimum Gasteiger partial charge on any atom is -0.510 e. The number of esters is 1. The highest BCUT2D eigenvalue weighted by atomic mass is 16.5. The van der Waals surface area contributed by atoms with Crippen molar-refractivity contribution in [2.75, 3.05) is 6.61 Å². The van der Waals surface area contributed by atoms with Crippen molar-refractivity contribution in [3.05, 3.63) is 11.3 Å². The molecule has 0 saturated heterocycles. The van der Waals surface area contributed by atoms with E-state index in [1.54, 1.807) is 13.0 Å². The van der Waals surface area contributed by atoms with Gasteiger partial charge < -0.3 is 9.84 Å². The third kappa shape index (κ3) is 3.62. The van der Waals surface area contributed by atoms with Crippen molar-refractivity contribution in [1.29, 1.82) is 5.26 Å². The molecule has 4 nitrogen and oxygen atoms in total. The van der Waals surface area contributed by atoms with Gasteiger partial charge in [0.25, 0.3) is 0 Å². The fraction of sp³-hybridized carbons (Fsp3) is 0.636. The summed E-state index contributed by atoms with van der Waals surface area (Å²) < 4.78 is 4.68. The number of carbonyl (C=O) groups is 1. The molecule has 1 N–H and O–H groups in total. The van der Waals surface area contributed by atoms with Crippen LogP contribution < -0.4 is 0 Å². The Balaban J connectivity index is 4.97. The van der Waals surface area contributed by atoms with Crippen molar-refractivity contribution < 1.29 is 14.6 Å². The van der Waals surface area contributed by atoms with Gasteiger partial charge in [-0.3, -0.25) is 0 Å². The Labute approximate surface area is 90.2 Å². The molecule has 0 rings (SSSR count). The number of allylic oxidation sites excluding steroid dienone is 1. The molecule has 0 aromatic carbocycles. The molecule has 0 radical (unpaired) electrons. The first kappa shape index (κ1) is 13.5. The van der Waals surface area contributed by atoms with Crippen molar-refractivity contribution in [2.24, 2.45) is 5.92 Å². The summed E-state index contributed by atoms with van der Waals surface area (Å²) in [6.07, 6.45) is 1.37. The molecular formula is C11H17NO3. The van der Waals surface area contributed by atoms with Gasteiger partial charge in [0.1, 0.15) is 11.8 Å². The molecule has 15 heavy (non-hydrogen) atoms. The Kier molecular flexibility index (Phi) is 6.19. The molecule has 0 aliphatic rings. The normalized spacial score (nSPS) is 11.9. The second-order valence-electron chi connectivity index (χ2n) is 3.11. The molecule has 0 aromatic heterocycles. The number of aliphatic hydroxyl groups excluding tert-OH is 1. The zero-order valence-corrected chi connectivity index (χ0v) is 9.41. The van der Waals surface area contributed by atoms with E-state index in [9.17, 15) is 9.90 Å². The molecule has 0 spiro atoms. The molecule has 0 unspecified atom stereocenters. The Morgan fingerprint density at radius 2 is 1.93 bits per heavy atom. The average molecular weight is 211 g/mol. The summed E-state index contributed by atoms with van der Waals surface area (Å²) in [6, 6.07) is 1.69. The van der Waals surface area contributed by atoms with Gasteiger partial charge in [-0.05, 0) is 19.8 Å². The average Bonchev–Trinajstić information content (AvgIpc) is 2.21. The van der Waals surface area contributed by atoms with E-state index in [-0.39, 0.29) is 23.9 Å². The Morgan fingerprint density at radius 3 is 2.27 bits per heavy atom. The van der Waals surface area contributed by atoms with Crippen LogP contribution in [0, 0.1) is 17.2 Å². The van der Waals surface area contributed by atoms with Crippen molar-refractivity contribution in [3.63, 3.8) is 0 Å². The predicted octanol–water partition coefficient (Wildman–Crippen LogP) is 2.32. The zero-order valence-electron chi connectivity index (χ0n) is 9.41. The number of rotatable bonds is 5. The number of nitrogens with zero attached hydrogens (tertiary/aromatic N) is 1. The van der Waals surface area contributed by atoms with E-state index in [1.165, 1.54) is 0 Å². The van der Waals surface area contributed by atoms with E-state index >= 15 is 0 Å². The summed E-state index contributed by atoms with van der Waals surface area (Å²) in [4.78, 5) is 11.3. The molecule has 0 heterocycles. The monoisotopic (exact) mass is 211 g/mol. The van der Waals surface area contributed by atoms with Gasteiger partial charge in [0, 0.05) is 5.92 Å². The van der Waals surface area contributed by atoms with Crippen LogP contribution in [0.5, 0.6) is 0 Å². The van der Waals surface area contributed by atoms with Crippen molar-refractivity contribution >= 4 is 5.97 Å². The molecule has 4 heteroatoms. The smallest absolute Gasteiger partial charge is 0.352 e. The summed E-state index contributed by atoms with van der Waals surface area (Å²) >= 11 is 0. The largest absolute Gasteiger partial charge is 0.510 e. The maximum absolute atomic E-state index is 11.3. The number of hydrogen-bond acceptors (Lipinski definition) is 4. The van der Waals surface area contributed by atoms with E-state index in [0.29, 0.717) is 12.8 Å². The highest BCUT2D eigenvalue weighted by molar-refractivity contribution is 5.93. The van der Waals surface area contributed by atoms with Crippen LogP contribution in [-0.4, -0.2) is 17.7 Å². The molecule has 0 atom stereocenters. The van der Waals surface area contributed by atoms with Crippen LogP contribution in [0.4, 0.5) is 0 Å². The minimum absolute atomic E-state index is 0.149. The van der Waals surface area contributed by atoms with Crippen molar-refractivity contribution in [2.45, 2.75) is 33.6 Å². The quantitative estimate of drug-likeness (QED) is 0.328. The Hall–Kier alpha value is -1.50. The van der Waals surface area contributed by atoms with Crippen LogP contribution in [0.1, 0.15) is 33.6 Å². The first-order chi connectivity index (χ1) is 7.12. The van der Waals surface area contributed by atoms with Crippen LogP contribution in [0.25, 0.3) is 0 Å². The van der Waals surface area contributed by atoms with Crippen LogP contribution in [0.15, 0.2) is 11.3 Å². The lowest BCUT2D eigenvalue weighted by molar-refractivity contribution is -0.138. The van der Waals surface area contributed by atoms with Crippen molar-refractivity contribution in [1.82, 2.24) is 0 Å². The van der Waals surface area contributed by atoms with E-state index < -0.39 is 5.97 Å². The van der Waals surface area contributed by atoms with Gasteiger partial charge >= 0.3 is 5.97 Å². The minimum atomic E-state index is -0.746. The number of aliphatic hydroxyl groups is 1. The molecule has 0 bridgehead atoms. The van der Waals surface area contributed by atoms with Gasteiger partial charge in [0.05, 0.1) is 6.61 Å². The van der Waals surface area contributed by atoms with E-state index in [1.807, 2.05) is 13.8 Å². The number of carbonyl (C=O) groups excluding carboxylic acids is 1. The molecule has 0 saturated carbocycles. The molecule has 0 aromatic rings. The van der Waals surface area contributed by atoms with Gasteiger partial charge in [0.15, 0.2) is 5.57 Å². The fourth-order valence-electron chi connectivity index (χ4n) is 1.29. The van der Waals surface area contributed by atoms with Gasteiger partial charge in [0.2, 0.25) is 0 Å². The second kappa shape index (κ2) is 6.88. The van der Waals surface area contributed by atoms with Gasteiger partial charge in [-0.15, -0.1) is 0 Å². The first-order valence-corrected chi connectivity index (χ1v) is 5.12. The summed E-state index contributed by atoms with van der Waals surface area (Å²) in [5.74, 6) is -1.05. The first-order valence-electron chi connectivity index (χ1n) is 5.12. The standard InChI is InChI=1S/C11H17NO3/c1-4-8(5-2)10(13)9(7-12)11(14)15-6-3/h8,13H,4-6H2,1-3H3/b10-9-. The fourth-order valence-corrected chi connectivity index (χ4v) is 1.29. The topological polar surface area (TPSA) is 70.3 Å². The van der Waals surface area contributed by atoms with Crippen molar-refractivity contribution in [3.8, 4) is 6.07 Å². The van der Waals surface area contributed by atoms with Crippen LogP contribution >= 0.6 is 0 Å². The van der Waals surface area contributed by atoms with Gasteiger partial charge in [-0.1, -0.05) is 13.8 Å². The zero-order chi connectivity index (χ0) is 11.8. The molecule has 84 valence electrons. The summed E-state index contributed by atoms with van der Waals surface area (Å²) in [7, 11) is 0. The summed E-state index contributed by atoms with van der Waals surface area (Å²) in [6.45, 7) is 5.64. The Morgan fingerprint density at radius 1 is 1.40 bits per heavy atom. The lowest BCUT2D eigenvalue weighted by Gasteiger charge is -2.12. The molecule has 0 amide bonds. The molecule has 0 fully saturated rings. The molecular weight excluding hydrogens is 194 g/mol. The summed E-state index contributed by atoms with van der Waals surface area (Å²) in [5, 5.41) is 18.5. The van der Waals surface area contributed by atoms with Crippen LogP contribution in [0.2, 0.25) is 0 Å². The SMILES string of the molecule is CCOC(=O)/C(C#N)=C(\O)C(CC)CC. The molecule has 0 aliphatic carbocycles. The van der Waals surface area contributed by atoms with Crippen LogP contribution in [0.3, 0.4) is 0 Å². The highest BCUT2D eigenvalue weighted by Crippen LogP contribution is 2.20. The lowest BCUT2D eigenvalue weighted by atomic mass is 9.98. The van der Waals surface area contributed by atoms with E-state index in [0.717, 1.165) is 0 Å². The maximum Gasteiger partial charge on any atom is 0.352 e. The predicted molar refractivity (Wildman–Crippen MR) is 56.0 cm³/mol.